The smallest absolute Gasteiger partial charge is 0.123 e. The van der Waals surface area contributed by atoms with Crippen molar-refractivity contribution in [3.05, 3.63) is 47.8 Å². The molecule has 0 aromatic heterocycles. The predicted octanol–water partition coefficient (Wildman–Crippen LogP) is 2.74. The largest absolute Gasteiger partial charge is 0.388 e. The zero-order valence-corrected chi connectivity index (χ0v) is 7.63. The summed E-state index contributed by atoms with van der Waals surface area (Å²) in [6.45, 7) is 5.32. The third kappa shape index (κ3) is 2.39. The Morgan fingerprint density at radius 1 is 1.62 bits per heavy atom. The SMILES string of the molecule is C=CCC(O)c1ccc(F)cc1C. The molecule has 70 valence electrons. The van der Waals surface area contributed by atoms with Crippen LogP contribution in [0.3, 0.4) is 0 Å². The van der Waals surface area contributed by atoms with Gasteiger partial charge in [0.15, 0.2) is 0 Å². The molecule has 0 aliphatic heterocycles. The number of aliphatic hydroxyl groups excluding tert-OH is 1. The second-order valence-corrected chi connectivity index (χ2v) is 3.04. The molecule has 0 bridgehead atoms. The highest BCUT2D eigenvalue weighted by Gasteiger charge is 2.08. The maximum absolute atomic E-state index is 12.7. The first-order valence-electron chi connectivity index (χ1n) is 4.20. The number of hydrogen-bond donors (Lipinski definition) is 1. The van der Waals surface area contributed by atoms with Crippen LogP contribution in [-0.4, -0.2) is 5.11 Å². The van der Waals surface area contributed by atoms with Crippen LogP contribution in [0.5, 0.6) is 0 Å². The van der Waals surface area contributed by atoms with Crippen molar-refractivity contribution in [2.75, 3.05) is 0 Å². The van der Waals surface area contributed by atoms with Crippen molar-refractivity contribution in [3.8, 4) is 0 Å². The van der Waals surface area contributed by atoms with Crippen molar-refractivity contribution >= 4 is 0 Å². The minimum absolute atomic E-state index is 0.271. The molecule has 0 aliphatic carbocycles. The Hall–Kier alpha value is -1.15. The van der Waals surface area contributed by atoms with E-state index in [1.54, 1.807) is 19.1 Å². The van der Waals surface area contributed by atoms with E-state index in [4.69, 9.17) is 0 Å². The van der Waals surface area contributed by atoms with E-state index >= 15 is 0 Å². The molecule has 0 heterocycles. The second-order valence-electron chi connectivity index (χ2n) is 3.04. The first-order valence-corrected chi connectivity index (χ1v) is 4.20. The van der Waals surface area contributed by atoms with E-state index in [9.17, 15) is 9.50 Å². The predicted molar refractivity (Wildman–Crippen MR) is 50.9 cm³/mol. The first-order chi connectivity index (χ1) is 6.15. The average Bonchev–Trinajstić information content (AvgIpc) is 2.04. The normalized spacial score (nSPS) is 12.5. The Morgan fingerprint density at radius 3 is 2.85 bits per heavy atom. The van der Waals surface area contributed by atoms with Crippen molar-refractivity contribution in [1.82, 2.24) is 0 Å². The molecule has 1 N–H and O–H groups in total. The lowest BCUT2D eigenvalue weighted by Gasteiger charge is -2.11. The highest BCUT2D eigenvalue weighted by molar-refractivity contribution is 5.28. The van der Waals surface area contributed by atoms with Crippen LogP contribution in [0, 0.1) is 12.7 Å². The lowest BCUT2D eigenvalue weighted by atomic mass is 10.0. The lowest BCUT2D eigenvalue weighted by molar-refractivity contribution is 0.181. The molecule has 1 unspecified atom stereocenters. The molecule has 13 heavy (non-hydrogen) atoms. The summed E-state index contributed by atoms with van der Waals surface area (Å²) < 4.78 is 12.7. The Labute approximate surface area is 77.5 Å². The van der Waals surface area contributed by atoms with Gasteiger partial charge in [0.05, 0.1) is 6.10 Å². The molecular weight excluding hydrogens is 167 g/mol. The molecule has 1 aromatic carbocycles. The van der Waals surface area contributed by atoms with E-state index in [0.717, 1.165) is 11.1 Å². The summed E-state index contributed by atoms with van der Waals surface area (Å²) in [4.78, 5) is 0. The monoisotopic (exact) mass is 180 g/mol. The van der Waals surface area contributed by atoms with Crippen molar-refractivity contribution in [2.45, 2.75) is 19.4 Å². The summed E-state index contributed by atoms with van der Waals surface area (Å²) in [5.74, 6) is -0.271. The number of halogens is 1. The summed E-state index contributed by atoms with van der Waals surface area (Å²) in [5.41, 5.74) is 1.54. The van der Waals surface area contributed by atoms with Gasteiger partial charge >= 0.3 is 0 Å². The molecule has 0 saturated carbocycles. The summed E-state index contributed by atoms with van der Waals surface area (Å²) in [6.07, 6.45) is 1.57. The zero-order valence-electron chi connectivity index (χ0n) is 7.63. The molecule has 1 aromatic rings. The number of benzene rings is 1. The van der Waals surface area contributed by atoms with Gasteiger partial charge in [0.2, 0.25) is 0 Å². The molecule has 0 spiro atoms. The average molecular weight is 180 g/mol. The topological polar surface area (TPSA) is 20.2 Å². The molecule has 0 amide bonds. The van der Waals surface area contributed by atoms with E-state index in [-0.39, 0.29) is 5.82 Å². The second kappa shape index (κ2) is 4.19. The van der Waals surface area contributed by atoms with Gasteiger partial charge in [-0.1, -0.05) is 12.1 Å². The van der Waals surface area contributed by atoms with Gasteiger partial charge in [0, 0.05) is 0 Å². The highest BCUT2D eigenvalue weighted by Crippen LogP contribution is 2.21. The number of hydrogen-bond acceptors (Lipinski definition) is 1. The third-order valence-corrected chi connectivity index (χ3v) is 1.98. The third-order valence-electron chi connectivity index (χ3n) is 1.98. The van der Waals surface area contributed by atoms with Gasteiger partial charge in [0.25, 0.3) is 0 Å². The summed E-state index contributed by atoms with van der Waals surface area (Å²) in [6, 6.07) is 4.38. The van der Waals surface area contributed by atoms with Gasteiger partial charge < -0.3 is 5.11 Å². The van der Waals surface area contributed by atoms with Crippen molar-refractivity contribution in [1.29, 1.82) is 0 Å². The van der Waals surface area contributed by atoms with Crippen LogP contribution < -0.4 is 0 Å². The van der Waals surface area contributed by atoms with Gasteiger partial charge in [0.1, 0.15) is 5.82 Å². The van der Waals surface area contributed by atoms with Crippen LogP contribution >= 0.6 is 0 Å². The van der Waals surface area contributed by atoms with Crippen LogP contribution in [0.2, 0.25) is 0 Å². The molecule has 0 fully saturated rings. The van der Waals surface area contributed by atoms with Crippen molar-refractivity contribution < 1.29 is 9.50 Å². The fourth-order valence-electron chi connectivity index (χ4n) is 1.30. The Bertz CT molecular complexity index is 307. The van der Waals surface area contributed by atoms with Gasteiger partial charge in [-0.05, 0) is 36.6 Å². The fourth-order valence-corrected chi connectivity index (χ4v) is 1.30. The number of rotatable bonds is 3. The fraction of sp³-hybridized carbons (Fsp3) is 0.273. The van der Waals surface area contributed by atoms with Crippen molar-refractivity contribution in [2.24, 2.45) is 0 Å². The van der Waals surface area contributed by atoms with E-state index < -0.39 is 6.10 Å². The van der Waals surface area contributed by atoms with E-state index in [0.29, 0.717) is 6.42 Å². The Balaban J connectivity index is 2.94. The minimum atomic E-state index is -0.571. The van der Waals surface area contributed by atoms with Gasteiger partial charge in [-0.15, -0.1) is 6.58 Å². The molecule has 0 saturated heterocycles. The van der Waals surface area contributed by atoms with E-state index in [1.807, 2.05) is 0 Å². The molecule has 1 rings (SSSR count). The first kappa shape index (κ1) is 9.93. The zero-order chi connectivity index (χ0) is 9.84. The van der Waals surface area contributed by atoms with Crippen LogP contribution in [0.4, 0.5) is 4.39 Å². The van der Waals surface area contributed by atoms with Gasteiger partial charge in [-0.25, -0.2) is 4.39 Å². The quantitative estimate of drug-likeness (QED) is 0.709. The molecule has 2 heteroatoms. The molecule has 1 atom stereocenters. The van der Waals surface area contributed by atoms with Crippen LogP contribution in [0.15, 0.2) is 30.9 Å². The van der Waals surface area contributed by atoms with Gasteiger partial charge in [-0.2, -0.15) is 0 Å². The molecule has 0 radical (unpaired) electrons. The van der Waals surface area contributed by atoms with Gasteiger partial charge in [-0.3, -0.25) is 0 Å². The Morgan fingerprint density at radius 2 is 2.31 bits per heavy atom. The number of aryl methyl sites for hydroxylation is 1. The van der Waals surface area contributed by atoms with E-state index in [1.165, 1.54) is 12.1 Å². The molecule has 1 nitrogen and oxygen atoms in total. The van der Waals surface area contributed by atoms with Crippen LogP contribution in [-0.2, 0) is 0 Å². The summed E-state index contributed by atoms with van der Waals surface area (Å²) in [5, 5.41) is 9.60. The van der Waals surface area contributed by atoms with Crippen LogP contribution in [0.25, 0.3) is 0 Å². The van der Waals surface area contributed by atoms with E-state index in [2.05, 4.69) is 6.58 Å². The number of aliphatic hydroxyl groups is 1. The lowest BCUT2D eigenvalue weighted by Crippen LogP contribution is -1.98. The van der Waals surface area contributed by atoms with Crippen molar-refractivity contribution in [3.63, 3.8) is 0 Å². The summed E-state index contributed by atoms with van der Waals surface area (Å²) in [7, 11) is 0. The maximum Gasteiger partial charge on any atom is 0.123 e. The summed E-state index contributed by atoms with van der Waals surface area (Å²) >= 11 is 0. The molecule has 0 aliphatic rings. The minimum Gasteiger partial charge on any atom is -0.388 e. The highest BCUT2D eigenvalue weighted by atomic mass is 19.1. The molecular formula is C11H13FO. The maximum atomic E-state index is 12.7. The van der Waals surface area contributed by atoms with Crippen LogP contribution in [0.1, 0.15) is 23.7 Å². The Kier molecular flexibility index (Phi) is 3.20. The standard InChI is InChI=1S/C11H13FO/c1-3-4-11(13)10-6-5-9(12)7-8(10)2/h3,5-7,11,13H,1,4H2,2H3.